The van der Waals surface area contributed by atoms with Gasteiger partial charge >= 0.3 is 6.61 Å². The average molecular weight is 499 g/mol. The summed E-state index contributed by atoms with van der Waals surface area (Å²) in [4.78, 5) is 21.8. The van der Waals surface area contributed by atoms with Crippen molar-refractivity contribution in [1.82, 2.24) is 5.32 Å². The molecule has 1 aliphatic heterocycles. The molecule has 1 amide bonds. The Kier molecular flexibility index (Phi) is 6.72. The highest BCUT2D eigenvalue weighted by Crippen LogP contribution is 2.43. The van der Waals surface area contributed by atoms with Crippen molar-refractivity contribution in [1.29, 1.82) is 0 Å². The maximum absolute atomic E-state index is 12.9. The maximum atomic E-state index is 12.9. The Hall–Kier alpha value is -3.37. The third-order valence-electron chi connectivity index (χ3n) is 6.84. The molecule has 4 unspecified atom stereocenters. The monoisotopic (exact) mass is 498 g/mol. The Morgan fingerprint density at radius 3 is 2.61 bits per heavy atom. The van der Waals surface area contributed by atoms with Crippen LogP contribution < -0.4 is 15.8 Å². The van der Waals surface area contributed by atoms with Gasteiger partial charge in [-0.2, -0.15) is 8.78 Å². The number of nitrogens with one attached hydrogen (secondary N) is 1. The number of ether oxygens (including phenoxy) is 2. The van der Waals surface area contributed by atoms with Crippen LogP contribution in [0.15, 0.2) is 52.4 Å². The topological polar surface area (TPSA) is 119 Å². The summed E-state index contributed by atoms with van der Waals surface area (Å²) in [6, 6.07) is 11.6. The molecule has 4 atom stereocenters. The number of carbonyl (C=O) groups is 1. The summed E-state index contributed by atoms with van der Waals surface area (Å²) < 4.78 is 36.1. The van der Waals surface area contributed by atoms with Gasteiger partial charge in [0.15, 0.2) is 5.96 Å². The Bertz CT molecular complexity index is 1200. The first-order chi connectivity index (χ1) is 17.3. The summed E-state index contributed by atoms with van der Waals surface area (Å²) in [6.45, 7) is -2.94. The summed E-state index contributed by atoms with van der Waals surface area (Å²) in [5.74, 6) is -0.410. The smallest absolute Gasteiger partial charge is 0.387 e. The van der Waals surface area contributed by atoms with Crippen molar-refractivity contribution >= 4 is 17.6 Å². The summed E-state index contributed by atoms with van der Waals surface area (Å²) in [7, 11) is 1.58. The molecule has 1 heterocycles. The van der Waals surface area contributed by atoms with Crippen molar-refractivity contribution in [3.63, 3.8) is 0 Å². The van der Waals surface area contributed by atoms with Gasteiger partial charge in [-0.15, -0.1) is 0 Å². The lowest BCUT2D eigenvalue weighted by molar-refractivity contribution is -0.0500. The predicted molar refractivity (Wildman–Crippen MR) is 130 cm³/mol. The first-order valence-corrected chi connectivity index (χ1v) is 11.9. The third-order valence-corrected chi connectivity index (χ3v) is 6.84. The van der Waals surface area contributed by atoms with E-state index < -0.39 is 12.7 Å². The number of aliphatic imine (C=N–C) groups is 2. The number of amides is 1. The van der Waals surface area contributed by atoms with Crippen LogP contribution in [-0.4, -0.2) is 60.7 Å². The molecular formula is C26H28F2N4O4. The molecule has 36 heavy (non-hydrogen) atoms. The number of alkyl halides is 2. The molecule has 0 spiro atoms. The first kappa shape index (κ1) is 24.3. The second-order valence-corrected chi connectivity index (χ2v) is 9.38. The molecule has 3 aliphatic rings. The summed E-state index contributed by atoms with van der Waals surface area (Å²) >= 11 is 0. The standard InChI is InChI=1S/C26H28F2N4O4/c1-35-21-11-16(33)10-20-19-12-17(36-25(27)28)8-9-18(19)22(31-23(20)21)13-2-4-14(5-3-13)24(34)32-26(29)30-15-6-7-15/h2-5,8-9,12,15-16,20-21,23,25,33H,6-7,10-11H2,1H3,(H3,29,30,32,34). The van der Waals surface area contributed by atoms with E-state index in [4.69, 9.17) is 15.5 Å². The number of aliphatic hydroxyl groups is 1. The van der Waals surface area contributed by atoms with E-state index in [2.05, 4.69) is 15.0 Å². The highest BCUT2D eigenvalue weighted by atomic mass is 19.3. The molecule has 5 rings (SSSR count). The van der Waals surface area contributed by atoms with Gasteiger partial charge in [-0.25, -0.2) is 4.99 Å². The Morgan fingerprint density at radius 2 is 1.94 bits per heavy atom. The van der Waals surface area contributed by atoms with Crippen molar-refractivity contribution in [2.75, 3.05) is 7.11 Å². The first-order valence-electron chi connectivity index (χ1n) is 11.9. The summed E-state index contributed by atoms with van der Waals surface area (Å²) in [5.41, 5.74) is 9.18. The van der Waals surface area contributed by atoms with E-state index in [1.807, 2.05) is 0 Å². The van der Waals surface area contributed by atoms with E-state index in [1.165, 1.54) is 6.07 Å². The lowest BCUT2D eigenvalue weighted by atomic mass is 9.72. The van der Waals surface area contributed by atoms with Crippen molar-refractivity contribution in [3.05, 3.63) is 64.7 Å². The van der Waals surface area contributed by atoms with Gasteiger partial charge < -0.3 is 20.3 Å². The number of hydrogen-bond acceptors (Lipinski definition) is 6. The molecule has 10 heteroatoms. The van der Waals surface area contributed by atoms with Crippen LogP contribution in [0, 0.1) is 0 Å². The zero-order valence-electron chi connectivity index (χ0n) is 19.7. The summed E-state index contributed by atoms with van der Waals surface area (Å²) in [6.07, 6.45) is 1.91. The van der Waals surface area contributed by atoms with Crippen LogP contribution in [0.25, 0.3) is 0 Å². The van der Waals surface area contributed by atoms with Crippen LogP contribution in [0.4, 0.5) is 8.78 Å². The number of aliphatic hydroxyl groups excluding tert-OH is 1. The number of methoxy groups -OCH3 is 1. The maximum Gasteiger partial charge on any atom is 0.387 e. The molecular weight excluding hydrogens is 470 g/mol. The Morgan fingerprint density at radius 1 is 1.19 bits per heavy atom. The quantitative estimate of drug-likeness (QED) is 0.418. The van der Waals surface area contributed by atoms with E-state index in [0.29, 0.717) is 24.1 Å². The fraction of sp³-hybridized carbons (Fsp3) is 0.423. The van der Waals surface area contributed by atoms with Crippen molar-refractivity contribution < 1.29 is 28.2 Å². The van der Waals surface area contributed by atoms with Gasteiger partial charge in [0, 0.05) is 36.1 Å². The Balaban J connectivity index is 1.47. The van der Waals surface area contributed by atoms with Crippen LogP contribution in [0.2, 0.25) is 0 Å². The fourth-order valence-corrected chi connectivity index (χ4v) is 5.00. The normalized spacial score (nSPS) is 25.6. The highest BCUT2D eigenvalue weighted by Gasteiger charge is 2.42. The van der Waals surface area contributed by atoms with Crippen molar-refractivity contribution in [3.8, 4) is 5.75 Å². The number of halogens is 2. The van der Waals surface area contributed by atoms with Crippen LogP contribution in [0.3, 0.4) is 0 Å². The lowest BCUT2D eigenvalue weighted by Gasteiger charge is -2.41. The number of carbonyl (C=O) groups excluding carboxylic acids is 1. The number of rotatable bonds is 6. The van der Waals surface area contributed by atoms with Crippen LogP contribution >= 0.6 is 0 Å². The lowest BCUT2D eigenvalue weighted by Crippen LogP contribution is -2.44. The van der Waals surface area contributed by atoms with Gasteiger partial charge in [0.2, 0.25) is 0 Å². The van der Waals surface area contributed by atoms with Gasteiger partial charge in [0.05, 0.1) is 30.0 Å². The molecule has 190 valence electrons. The molecule has 8 nitrogen and oxygen atoms in total. The van der Waals surface area contributed by atoms with Gasteiger partial charge in [-0.1, -0.05) is 12.1 Å². The molecule has 0 bridgehead atoms. The largest absolute Gasteiger partial charge is 0.435 e. The van der Waals surface area contributed by atoms with Gasteiger partial charge in [-0.05, 0) is 55.2 Å². The van der Waals surface area contributed by atoms with E-state index in [0.717, 1.165) is 29.5 Å². The number of benzene rings is 2. The molecule has 4 N–H and O–H groups in total. The minimum Gasteiger partial charge on any atom is -0.435 e. The zero-order chi connectivity index (χ0) is 25.4. The third kappa shape index (κ3) is 5.10. The van der Waals surface area contributed by atoms with E-state index in [-0.39, 0.29) is 41.7 Å². The fourth-order valence-electron chi connectivity index (χ4n) is 5.00. The minimum absolute atomic E-state index is 0.0512. The van der Waals surface area contributed by atoms with Gasteiger partial charge in [0.1, 0.15) is 5.75 Å². The molecule has 2 saturated carbocycles. The van der Waals surface area contributed by atoms with Crippen LogP contribution in [0.1, 0.15) is 58.6 Å². The number of nitrogens with zero attached hydrogens (tertiary/aromatic N) is 2. The van der Waals surface area contributed by atoms with Crippen molar-refractivity contribution in [2.45, 2.75) is 62.5 Å². The number of nitrogens with two attached hydrogens (primary N) is 1. The molecule has 2 aromatic rings. The van der Waals surface area contributed by atoms with E-state index >= 15 is 0 Å². The second kappa shape index (κ2) is 9.94. The highest BCUT2D eigenvalue weighted by molar-refractivity contribution is 6.15. The average Bonchev–Trinajstić information content (AvgIpc) is 3.66. The summed E-state index contributed by atoms with van der Waals surface area (Å²) in [5, 5.41) is 13.0. The van der Waals surface area contributed by atoms with Crippen LogP contribution in [-0.2, 0) is 4.74 Å². The van der Waals surface area contributed by atoms with Gasteiger partial charge in [-0.3, -0.25) is 15.1 Å². The molecule has 2 aromatic carbocycles. The molecule has 0 aromatic heterocycles. The molecule has 2 fully saturated rings. The SMILES string of the molecule is COC1CC(O)CC2c3cc(OC(F)F)ccc3C(c3ccc(C(=O)NC(N)=NC4CC4)cc3)=NC12. The van der Waals surface area contributed by atoms with Crippen molar-refractivity contribution in [2.24, 2.45) is 15.7 Å². The number of hydrogen-bond donors (Lipinski definition) is 3. The molecule has 0 radical (unpaired) electrons. The van der Waals surface area contributed by atoms with Crippen LogP contribution in [0.5, 0.6) is 5.75 Å². The predicted octanol–water partition coefficient (Wildman–Crippen LogP) is 2.97. The minimum atomic E-state index is -2.94. The molecule has 2 aliphatic carbocycles. The van der Waals surface area contributed by atoms with E-state index in [9.17, 15) is 18.7 Å². The Labute approximate surface area is 207 Å². The number of fused-ring (bicyclic) bond motifs is 3. The van der Waals surface area contributed by atoms with Gasteiger partial charge in [0.25, 0.3) is 5.91 Å². The molecule has 0 saturated heterocycles. The second-order valence-electron chi connectivity index (χ2n) is 9.38. The number of guanidine groups is 1. The van der Waals surface area contributed by atoms with E-state index in [1.54, 1.807) is 43.5 Å². The zero-order valence-corrected chi connectivity index (χ0v) is 19.7.